The fourth-order valence-corrected chi connectivity index (χ4v) is 3.70. The molecule has 1 aliphatic carbocycles. The summed E-state index contributed by atoms with van der Waals surface area (Å²) in [5.74, 6) is -0.952. The molecule has 27 heavy (non-hydrogen) atoms. The zero-order chi connectivity index (χ0) is 18.7. The molecule has 1 heterocycles. The summed E-state index contributed by atoms with van der Waals surface area (Å²) in [4.78, 5) is 0. The first-order valence-corrected chi connectivity index (χ1v) is 10.2. The largest absolute Gasteiger partial charge is 0.349 e. The van der Waals surface area contributed by atoms with Crippen LogP contribution in [0.4, 0.5) is 25.8 Å². The van der Waals surface area contributed by atoms with Gasteiger partial charge in [-0.25, -0.2) is 8.78 Å². The van der Waals surface area contributed by atoms with Crippen LogP contribution in [-0.4, -0.2) is 14.8 Å². The van der Waals surface area contributed by atoms with Crippen molar-refractivity contribution in [2.24, 2.45) is 0 Å². The smallest absolute Gasteiger partial charge is 0.177 e. The maximum Gasteiger partial charge on any atom is 0.177 e. The quantitative estimate of drug-likeness (QED) is 0.448. The third kappa shape index (κ3) is 4.87. The molecule has 0 atom stereocenters. The lowest BCUT2D eigenvalue weighted by Gasteiger charge is -2.15. The van der Waals surface area contributed by atoms with Crippen molar-refractivity contribution in [3.8, 4) is 0 Å². The van der Waals surface area contributed by atoms with Crippen molar-refractivity contribution in [3.05, 3.63) is 41.5 Å². The standard InChI is InChI=1S/C16H14F2N4S2.C2H6.CH4/c1-8-2-5-11(10(17)6-8)19-15-12(21-23-9-3-4-9)7-13-16(14(15)18)20-22-24-13;1-2;/h2,5-7,9,19,21H,3-4H2,1H3;1-2H3;1H4. The third-order valence-electron chi connectivity index (χ3n) is 3.73. The van der Waals surface area contributed by atoms with E-state index in [0.717, 1.165) is 29.9 Å². The molecule has 0 bridgehead atoms. The highest BCUT2D eigenvalue weighted by Gasteiger charge is 2.24. The van der Waals surface area contributed by atoms with Crippen LogP contribution in [0.5, 0.6) is 0 Å². The molecular weight excluding hydrogens is 386 g/mol. The van der Waals surface area contributed by atoms with E-state index in [1.165, 1.54) is 6.07 Å². The number of fused-ring (bicyclic) bond motifs is 1. The second-order valence-electron chi connectivity index (χ2n) is 5.76. The molecular formula is C19H24F2N4S2. The summed E-state index contributed by atoms with van der Waals surface area (Å²) >= 11 is 2.69. The average Bonchev–Trinajstić information content (AvgIpc) is 3.35. The maximum atomic E-state index is 14.9. The Morgan fingerprint density at radius 1 is 1.15 bits per heavy atom. The van der Waals surface area contributed by atoms with Crippen LogP contribution in [0.25, 0.3) is 10.2 Å². The number of aryl methyl sites for hydroxylation is 1. The van der Waals surface area contributed by atoms with Crippen LogP contribution in [0, 0.1) is 18.6 Å². The molecule has 1 aromatic heterocycles. The number of rotatable bonds is 5. The van der Waals surface area contributed by atoms with Gasteiger partial charge in [0.25, 0.3) is 0 Å². The molecule has 0 radical (unpaired) electrons. The lowest BCUT2D eigenvalue weighted by Crippen LogP contribution is -2.02. The molecule has 8 heteroatoms. The summed E-state index contributed by atoms with van der Waals surface area (Å²) in [6.45, 7) is 5.81. The van der Waals surface area contributed by atoms with Crippen molar-refractivity contribution < 1.29 is 8.78 Å². The van der Waals surface area contributed by atoms with Crippen LogP contribution < -0.4 is 10.0 Å². The SMILES string of the molecule is C.CC.Cc1ccc(Nc2c(NSC3CC3)cc3snnc3c2F)c(F)c1. The number of anilines is 3. The number of hydrogen-bond acceptors (Lipinski definition) is 6. The second kappa shape index (κ2) is 9.32. The van der Waals surface area contributed by atoms with Crippen LogP contribution in [0.1, 0.15) is 39.7 Å². The van der Waals surface area contributed by atoms with Crippen LogP contribution in [0.2, 0.25) is 0 Å². The number of nitrogens with one attached hydrogen (secondary N) is 2. The van der Waals surface area contributed by atoms with Crippen molar-refractivity contribution in [1.82, 2.24) is 9.59 Å². The molecule has 3 aromatic rings. The Balaban J connectivity index is 0.000000844. The lowest BCUT2D eigenvalue weighted by molar-refractivity contribution is 0.628. The van der Waals surface area contributed by atoms with E-state index in [2.05, 4.69) is 19.6 Å². The topological polar surface area (TPSA) is 49.8 Å². The van der Waals surface area contributed by atoms with Crippen LogP contribution in [-0.2, 0) is 0 Å². The molecule has 1 saturated carbocycles. The number of hydrogen-bond donors (Lipinski definition) is 2. The summed E-state index contributed by atoms with van der Waals surface area (Å²) in [5, 5.41) is 7.25. The molecule has 0 aliphatic heterocycles. The second-order valence-corrected chi connectivity index (χ2v) is 7.65. The van der Waals surface area contributed by atoms with E-state index >= 15 is 0 Å². The third-order valence-corrected chi connectivity index (χ3v) is 5.54. The van der Waals surface area contributed by atoms with Crippen molar-refractivity contribution in [1.29, 1.82) is 0 Å². The Kier molecular flexibility index (Phi) is 7.38. The van der Waals surface area contributed by atoms with E-state index in [1.54, 1.807) is 37.1 Å². The zero-order valence-electron chi connectivity index (χ0n) is 14.8. The van der Waals surface area contributed by atoms with Gasteiger partial charge in [0.1, 0.15) is 17.0 Å². The first-order valence-electron chi connectivity index (χ1n) is 8.51. The van der Waals surface area contributed by atoms with E-state index in [-0.39, 0.29) is 24.3 Å². The van der Waals surface area contributed by atoms with Crippen LogP contribution in [0.3, 0.4) is 0 Å². The van der Waals surface area contributed by atoms with Gasteiger partial charge >= 0.3 is 0 Å². The lowest BCUT2D eigenvalue weighted by atomic mass is 10.2. The molecule has 0 saturated heterocycles. The fraction of sp³-hybridized carbons (Fsp3) is 0.368. The predicted molar refractivity (Wildman–Crippen MR) is 114 cm³/mol. The summed E-state index contributed by atoms with van der Waals surface area (Å²) < 4.78 is 36.7. The first kappa shape index (κ1) is 21.4. The zero-order valence-corrected chi connectivity index (χ0v) is 16.4. The number of halogens is 2. The van der Waals surface area contributed by atoms with Gasteiger partial charge in [0.15, 0.2) is 5.82 Å². The molecule has 4 nitrogen and oxygen atoms in total. The molecule has 2 N–H and O–H groups in total. The Hall–Kier alpha value is -1.93. The predicted octanol–water partition coefficient (Wildman–Crippen LogP) is 6.91. The minimum absolute atomic E-state index is 0. The molecule has 0 amide bonds. The number of benzene rings is 2. The molecule has 4 rings (SSSR count). The van der Waals surface area contributed by atoms with E-state index in [0.29, 0.717) is 15.6 Å². The van der Waals surface area contributed by atoms with Crippen molar-refractivity contribution in [3.63, 3.8) is 0 Å². The minimum atomic E-state index is -0.528. The van der Waals surface area contributed by atoms with Gasteiger partial charge in [0.05, 0.1) is 16.1 Å². The molecule has 0 spiro atoms. The van der Waals surface area contributed by atoms with E-state index in [1.807, 2.05) is 13.8 Å². The summed E-state index contributed by atoms with van der Waals surface area (Å²) in [7, 11) is 0. The Morgan fingerprint density at radius 3 is 2.56 bits per heavy atom. The van der Waals surface area contributed by atoms with Crippen LogP contribution >= 0.6 is 23.5 Å². The van der Waals surface area contributed by atoms with Gasteiger partial charge in [0, 0.05) is 5.25 Å². The van der Waals surface area contributed by atoms with Gasteiger partial charge in [-0.1, -0.05) is 31.8 Å². The van der Waals surface area contributed by atoms with Crippen molar-refractivity contribution in [2.45, 2.75) is 46.3 Å². The Morgan fingerprint density at radius 2 is 1.89 bits per heavy atom. The first-order chi connectivity index (χ1) is 12.6. The van der Waals surface area contributed by atoms with E-state index < -0.39 is 11.6 Å². The normalized spacial score (nSPS) is 12.8. The van der Waals surface area contributed by atoms with Crippen LogP contribution in [0.15, 0.2) is 24.3 Å². The van der Waals surface area contributed by atoms with E-state index in [4.69, 9.17) is 0 Å². The Bertz CT molecular complexity index is 910. The van der Waals surface area contributed by atoms with Gasteiger partial charge in [-0.05, 0) is 67.0 Å². The molecule has 146 valence electrons. The molecule has 1 fully saturated rings. The van der Waals surface area contributed by atoms with Gasteiger partial charge in [-0.15, -0.1) is 5.10 Å². The summed E-state index contributed by atoms with van der Waals surface area (Å²) in [6, 6.07) is 6.59. The number of aromatic nitrogens is 2. The molecule has 0 unspecified atom stereocenters. The number of nitrogens with zero attached hydrogens (tertiary/aromatic N) is 2. The average molecular weight is 411 g/mol. The summed E-state index contributed by atoms with van der Waals surface area (Å²) in [6.07, 6.45) is 2.31. The van der Waals surface area contributed by atoms with Gasteiger partial charge < -0.3 is 10.0 Å². The van der Waals surface area contributed by atoms with Crippen molar-refractivity contribution >= 4 is 50.8 Å². The fourth-order valence-electron chi connectivity index (χ4n) is 2.28. The molecule has 1 aliphatic rings. The van der Waals surface area contributed by atoms with Gasteiger partial charge in [0.2, 0.25) is 0 Å². The minimum Gasteiger partial charge on any atom is -0.349 e. The maximum absolute atomic E-state index is 14.9. The highest BCUT2D eigenvalue weighted by Crippen LogP contribution is 2.40. The monoisotopic (exact) mass is 410 g/mol. The van der Waals surface area contributed by atoms with E-state index in [9.17, 15) is 8.78 Å². The molecule has 2 aromatic carbocycles. The van der Waals surface area contributed by atoms with Gasteiger partial charge in [-0.3, -0.25) is 0 Å². The highest BCUT2D eigenvalue weighted by molar-refractivity contribution is 8.01. The van der Waals surface area contributed by atoms with Crippen molar-refractivity contribution in [2.75, 3.05) is 10.0 Å². The summed E-state index contributed by atoms with van der Waals surface area (Å²) in [5.41, 5.74) is 1.98. The highest BCUT2D eigenvalue weighted by atomic mass is 32.2. The Labute approximate surface area is 167 Å². The van der Waals surface area contributed by atoms with Gasteiger partial charge in [-0.2, -0.15) is 0 Å².